The van der Waals surface area contributed by atoms with Gasteiger partial charge < -0.3 is 33.8 Å². The van der Waals surface area contributed by atoms with Crippen molar-refractivity contribution in [1.29, 1.82) is 0 Å². The van der Waals surface area contributed by atoms with E-state index in [4.69, 9.17) is 37.0 Å². The van der Waals surface area contributed by atoms with Gasteiger partial charge in [0.25, 0.3) is 0 Å². The third-order valence-corrected chi connectivity index (χ3v) is 16.3. The molecule has 0 fully saturated rings. The van der Waals surface area contributed by atoms with E-state index in [-0.39, 0.29) is 25.7 Å². The van der Waals surface area contributed by atoms with Crippen molar-refractivity contribution in [2.75, 3.05) is 39.6 Å². The lowest BCUT2D eigenvalue weighted by Crippen LogP contribution is -2.30. The van der Waals surface area contributed by atoms with Crippen molar-refractivity contribution >= 4 is 39.5 Å². The molecule has 0 aromatic carbocycles. The van der Waals surface area contributed by atoms with Crippen LogP contribution in [0.15, 0.2) is 0 Å². The molecule has 0 heterocycles. The molecular formula is C61H118O17P2. The summed E-state index contributed by atoms with van der Waals surface area (Å²) in [5, 5.41) is 10.5. The summed E-state index contributed by atoms with van der Waals surface area (Å²) in [4.78, 5) is 71.8. The maximum atomic E-state index is 12.9. The average Bonchev–Trinajstić information content (AvgIpc) is 3.43. The highest BCUT2D eigenvalue weighted by Crippen LogP contribution is 2.45. The highest BCUT2D eigenvalue weighted by atomic mass is 31.2. The number of phosphoric ester groups is 2. The van der Waals surface area contributed by atoms with Crippen LogP contribution >= 0.6 is 15.6 Å². The molecule has 0 saturated heterocycles. The van der Waals surface area contributed by atoms with Crippen LogP contribution in [0.3, 0.4) is 0 Å². The molecule has 3 unspecified atom stereocenters. The number of aliphatic hydroxyl groups is 1. The molecule has 0 spiro atoms. The van der Waals surface area contributed by atoms with E-state index < -0.39 is 97.5 Å². The molecule has 0 radical (unpaired) electrons. The van der Waals surface area contributed by atoms with E-state index in [0.29, 0.717) is 25.7 Å². The van der Waals surface area contributed by atoms with E-state index in [1.807, 2.05) is 0 Å². The zero-order valence-corrected chi connectivity index (χ0v) is 53.0. The molecule has 0 aromatic heterocycles. The molecule has 0 bridgehead atoms. The molecule has 0 aliphatic heterocycles. The minimum absolute atomic E-state index is 0.105. The van der Waals surface area contributed by atoms with Crippen LogP contribution in [0.2, 0.25) is 0 Å². The lowest BCUT2D eigenvalue weighted by atomic mass is 10.00. The Morgan fingerprint density at radius 1 is 0.350 bits per heavy atom. The first-order chi connectivity index (χ1) is 38.6. The Hall–Kier alpha value is -1.94. The van der Waals surface area contributed by atoms with Gasteiger partial charge in [-0.2, -0.15) is 0 Å². The van der Waals surface area contributed by atoms with E-state index in [2.05, 4.69) is 34.6 Å². The summed E-state index contributed by atoms with van der Waals surface area (Å²) >= 11 is 0. The van der Waals surface area contributed by atoms with Crippen LogP contribution in [0.1, 0.15) is 304 Å². The zero-order chi connectivity index (χ0) is 59.2. The van der Waals surface area contributed by atoms with Gasteiger partial charge in [0.05, 0.1) is 26.4 Å². The van der Waals surface area contributed by atoms with E-state index in [9.17, 15) is 43.2 Å². The van der Waals surface area contributed by atoms with Crippen molar-refractivity contribution in [3.05, 3.63) is 0 Å². The van der Waals surface area contributed by atoms with Gasteiger partial charge in [0.2, 0.25) is 0 Å². The smallest absolute Gasteiger partial charge is 0.462 e. The first-order valence-corrected chi connectivity index (χ1v) is 35.2. The minimum atomic E-state index is -4.94. The molecule has 0 saturated carbocycles. The largest absolute Gasteiger partial charge is 0.472 e. The highest BCUT2D eigenvalue weighted by molar-refractivity contribution is 7.47. The van der Waals surface area contributed by atoms with Crippen molar-refractivity contribution in [2.24, 2.45) is 5.92 Å². The van der Waals surface area contributed by atoms with Gasteiger partial charge in [-0.1, -0.05) is 253 Å². The Morgan fingerprint density at radius 2 is 0.600 bits per heavy atom. The number of hydrogen-bond donors (Lipinski definition) is 3. The van der Waals surface area contributed by atoms with Crippen LogP contribution in [0.5, 0.6) is 0 Å². The van der Waals surface area contributed by atoms with E-state index in [1.165, 1.54) is 116 Å². The second kappa shape index (κ2) is 55.0. The molecule has 0 aliphatic rings. The minimum Gasteiger partial charge on any atom is -0.462 e. The van der Waals surface area contributed by atoms with Crippen LogP contribution in [0, 0.1) is 5.92 Å². The number of carbonyl (C=O) groups is 4. The van der Waals surface area contributed by atoms with Gasteiger partial charge in [-0.3, -0.25) is 37.3 Å². The van der Waals surface area contributed by atoms with E-state index in [1.54, 1.807) is 0 Å². The summed E-state index contributed by atoms with van der Waals surface area (Å²) < 4.78 is 67.7. The van der Waals surface area contributed by atoms with Gasteiger partial charge >= 0.3 is 39.5 Å². The molecule has 3 N–H and O–H groups in total. The van der Waals surface area contributed by atoms with Crippen molar-refractivity contribution < 1.29 is 80.2 Å². The number of carbonyl (C=O) groups excluding carboxylic acids is 4. The Morgan fingerprint density at radius 3 is 0.887 bits per heavy atom. The molecule has 0 aliphatic carbocycles. The zero-order valence-electron chi connectivity index (χ0n) is 51.2. The lowest BCUT2D eigenvalue weighted by molar-refractivity contribution is -0.161. The monoisotopic (exact) mass is 1180 g/mol. The predicted octanol–water partition coefficient (Wildman–Crippen LogP) is 16.6. The molecule has 80 heavy (non-hydrogen) atoms. The summed E-state index contributed by atoms with van der Waals surface area (Å²) in [7, 11) is -9.87. The Kier molecular flexibility index (Phi) is 53.6. The number of hydrogen-bond acceptors (Lipinski definition) is 15. The Balaban J connectivity index is 5.17. The summed E-state index contributed by atoms with van der Waals surface area (Å²) in [6.07, 6.45) is 37.9. The van der Waals surface area contributed by atoms with Gasteiger partial charge in [0.15, 0.2) is 12.2 Å². The van der Waals surface area contributed by atoms with Gasteiger partial charge in [0, 0.05) is 25.7 Å². The Labute approximate surface area is 486 Å². The summed E-state index contributed by atoms with van der Waals surface area (Å²) in [5.41, 5.74) is 0. The molecule has 0 aromatic rings. The molecule has 0 amide bonds. The first-order valence-electron chi connectivity index (χ1n) is 32.2. The second-order valence-corrected chi connectivity index (χ2v) is 25.2. The third kappa shape index (κ3) is 54.0. The van der Waals surface area contributed by atoms with Gasteiger partial charge in [-0.25, -0.2) is 9.13 Å². The molecule has 474 valence electrons. The highest BCUT2D eigenvalue weighted by Gasteiger charge is 2.30. The topological polar surface area (TPSA) is 237 Å². The maximum Gasteiger partial charge on any atom is 0.472 e. The molecular weight excluding hydrogens is 1070 g/mol. The van der Waals surface area contributed by atoms with Crippen molar-refractivity contribution in [3.63, 3.8) is 0 Å². The standard InChI is InChI=1S/C61H118O17P2/c1-6-10-13-16-18-20-22-23-24-25-26-28-30-37-42-47-61(66)78-57(51-72-59(64)45-40-35-32-31-34-38-43-54(5)9-4)53-76-80(69,70)74-49-55(62)48-73-79(67,68)75-52-56(50-71-58(63)44-39-33-15-12-8-3)77-60(65)46-41-36-29-27-21-19-17-14-11-7-2/h54-57,62H,6-53H2,1-5H3,(H,67,68)(H,69,70)/t54?,55-,56+,57+/m0/s1. The SMILES string of the molecule is CCCCCCCCCCCCCCCCCC(=O)O[C@H](COC(=O)CCCCCCCCC(C)CC)COP(=O)(O)OC[C@@H](O)COP(=O)(O)OC[C@@H](COC(=O)CCCCCCC)OC(=O)CCCCCCCCCCCC. The van der Waals surface area contributed by atoms with Crippen LogP contribution in [0.4, 0.5) is 0 Å². The van der Waals surface area contributed by atoms with Crippen LogP contribution in [0.25, 0.3) is 0 Å². The van der Waals surface area contributed by atoms with Gasteiger partial charge in [-0.15, -0.1) is 0 Å². The Bertz CT molecular complexity index is 1570. The fourth-order valence-electron chi connectivity index (χ4n) is 9.02. The number of rotatable bonds is 61. The van der Waals surface area contributed by atoms with E-state index >= 15 is 0 Å². The predicted molar refractivity (Wildman–Crippen MR) is 317 cm³/mol. The normalized spacial score (nSPS) is 14.7. The number of aliphatic hydroxyl groups excluding tert-OH is 1. The first kappa shape index (κ1) is 78.1. The third-order valence-electron chi connectivity index (χ3n) is 14.4. The van der Waals surface area contributed by atoms with Crippen molar-refractivity contribution in [2.45, 2.75) is 323 Å². The molecule has 0 rings (SSSR count). The summed E-state index contributed by atoms with van der Waals surface area (Å²) in [5.74, 6) is -1.42. The van der Waals surface area contributed by atoms with Crippen LogP contribution in [-0.2, 0) is 65.4 Å². The van der Waals surface area contributed by atoms with Crippen LogP contribution < -0.4 is 0 Å². The summed E-state index contributed by atoms with van der Waals surface area (Å²) in [6, 6.07) is 0. The number of unbranched alkanes of at least 4 members (excludes halogenated alkanes) is 32. The quantitative estimate of drug-likeness (QED) is 0.0222. The number of ether oxygens (including phenoxy) is 4. The van der Waals surface area contributed by atoms with Gasteiger partial charge in [0.1, 0.15) is 19.3 Å². The van der Waals surface area contributed by atoms with E-state index in [0.717, 1.165) is 109 Å². The maximum absolute atomic E-state index is 12.9. The van der Waals surface area contributed by atoms with Crippen molar-refractivity contribution in [3.8, 4) is 0 Å². The number of phosphoric acid groups is 2. The fraction of sp³-hybridized carbons (Fsp3) is 0.934. The second-order valence-electron chi connectivity index (χ2n) is 22.3. The average molecular weight is 1190 g/mol. The lowest BCUT2D eigenvalue weighted by Gasteiger charge is -2.21. The van der Waals surface area contributed by atoms with Crippen LogP contribution in [-0.4, -0.2) is 96.7 Å². The summed E-state index contributed by atoms with van der Waals surface area (Å²) in [6.45, 7) is 7.04. The van der Waals surface area contributed by atoms with Crippen molar-refractivity contribution in [1.82, 2.24) is 0 Å². The fourth-order valence-corrected chi connectivity index (χ4v) is 10.6. The molecule has 17 nitrogen and oxygen atoms in total. The molecule has 19 heteroatoms. The molecule has 6 atom stereocenters. The van der Waals surface area contributed by atoms with Gasteiger partial charge in [-0.05, 0) is 31.6 Å². The number of esters is 4.